The molecule has 31 heavy (non-hydrogen) atoms. The van der Waals surface area contributed by atoms with Crippen LogP contribution in [0.5, 0.6) is 0 Å². The number of para-hydroxylation sites is 2. The molecule has 0 saturated heterocycles. The van der Waals surface area contributed by atoms with Crippen molar-refractivity contribution in [3.05, 3.63) is 59.7 Å². The predicted molar refractivity (Wildman–Crippen MR) is 123 cm³/mol. The zero-order valence-electron chi connectivity index (χ0n) is 17.6. The van der Waals surface area contributed by atoms with E-state index < -0.39 is 0 Å². The summed E-state index contributed by atoms with van der Waals surface area (Å²) in [5.41, 5.74) is 16.2. The van der Waals surface area contributed by atoms with Crippen LogP contribution in [0.4, 0.5) is 11.4 Å². The highest BCUT2D eigenvalue weighted by atomic mass is 16.3. The number of nitrogens with zero attached hydrogens (tertiary/aromatic N) is 1. The lowest BCUT2D eigenvalue weighted by molar-refractivity contribution is -0.124. The van der Waals surface area contributed by atoms with Gasteiger partial charge in [-0.15, -0.1) is 0 Å². The van der Waals surface area contributed by atoms with Crippen molar-refractivity contribution in [1.29, 1.82) is 0 Å². The molecule has 0 atom stereocenters. The molecule has 2 amide bonds. The molecule has 2 aromatic rings. The topological polar surface area (TPSA) is 122 Å². The highest BCUT2D eigenvalue weighted by Gasteiger charge is 2.28. The number of anilines is 2. The summed E-state index contributed by atoms with van der Waals surface area (Å²) in [6.07, 6.45) is 3.71. The van der Waals surface area contributed by atoms with Gasteiger partial charge in [-0.25, -0.2) is 0 Å². The molecule has 164 valence electrons. The maximum atomic E-state index is 13.3. The summed E-state index contributed by atoms with van der Waals surface area (Å²) in [6.45, 7) is 0.773. The van der Waals surface area contributed by atoms with Gasteiger partial charge in [0.25, 0.3) is 0 Å². The number of carbonyl (C=O) groups excluding carboxylic acids is 2. The molecule has 2 aromatic carbocycles. The molecule has 0 aromatic heterocycles. The van der Waals surface area contributed by atoms with Crippen LogP contribution in [0.2, 0.25) is 0 Å². The van der Waals surface area contributed by atoms with Crippen LogP contribution < -0.4 is 21.7 Å². The quantitative estimate of drug-likeness (QED) is 0.463. The van der Waals surface area contributed by atoms with Gasteiger partial charge >= 0.3 is 0 Å². The minimum atomic E-state index is -0.194. The standard InChI is InChI=1S/C24H30N4O3/c25-23-17-9-3-5-11-19(17)28(20-12-6-4-10-18(20)24(23)26)22(31)14-13-21(30)27-15-7-1-2-8-16-29/h3-6,9-12,29H,1-2,7-8,13-16,25-26H2,(H,27,30). The van der Waals surface area contributed by atoms with Crippen molar-refractivity contribution < 1.29 is 14.7 Å². The van der Waals surface area contributed by atoms with Crippen LogP contribution in [-0.2, 0) is 9.59 Å². The van der Waals surface area contributed by atoms with Crippen molar-refractivity contribution in [3.63, 3.8) is 0 Å². The number of unbranched alkanes of at least 4 members (excludes halogenated alkanes) is 3. The van der Waals surface area contributed by atoms with E-state index in [9.17, 15) is 9.59 Å². The van der Waals surface area contributed by atoms with Gasteiger partial charge in [-0.1, -0.05) is 49.2 Å². The fraction of sp³-hybridized carbons (Fsp3) is 0.333. The average molecular weight is 423 g/mol. The van der Waals surface area contributed by atoms with E-state index >= 15 is 0 Å². The van der Waals surface area contributed by atoms with Crippen LogP contribution in [0.1, 0.15) is 49.7 Å². The Kier molecular flexibility index (Phi) is 7.67. The van der Waals surface area contributed by atoms with Crippen molar-refractivity contribution in [2.45, 2.75) is 38.5 Å². The van der Waals surface area contributed by atoms with Crippen LogP contribution >= 0.6 is 0 Å². The molecule has 0 fully saturated rings. The second-order valence-corrected chi connectivity index (χ2v) is 7.58. The Balaban J connectivity index is 1.71. The van der Waals surface area contributed by atoms with Crippen molar-refractivity contribution >= 4 is 34.6 Å². The van der Waals surface area contributed by atoms with Gasteiger partial charge in [0.15, 0.2) is 0 Å². The molecule has 1 heterocycles. The Morgan fingerprint density at radius 2 is 1.35 bits per heavy atom. The number of carbonyl (C=O) groups is 2. The summed E-state index contributed by atoms with van der Waals surface area (Å²) in [6, 6.07) is 14.8. The maximum Gasteiger partial charge on any atom is 0.232 e. The van der Waals surface area contributed by atoms with Crippen LogP contribution in [0.15, 0.2) is 48.5 Å². The van der Waals surface area contributed by atoms with Crippen LogP contribution in [0, 0.1) is 0 Å². The summed E-state index contributed by atoms with van der Waals surface area (Å²) < 4.78 is 0. The third-order valence-electron chi connectivity index (χ3n) is 5.38. The average Bonchev–Trinajstić information content (AvgIpc) is 2.88. The van der Waals surface area contributed by atoms with Crippen molar-refractivity contribution in [1.82, 2.24) is 5.32 Å². The van der Waals surface area contributed by atoms with Gasteiger partial charge in [-0.2, -0.15) is 0 Å². The van der Waals surface area contributed by atoms with Gasteiger partial charge in [-0.3, -0.25) is 14.5 Å². The molecule has 0 spiro atoms. The van der Waals surface area contributed by atoms with Crippen LogP contribution in [0.25, 0.3) is 11.4 Å². The third-order valence-corrected chi connectivity index (χ3v) is 5.38. The number of nitrogens with one attached hydrogen (secondary N) is 1. The van der Waals surface area contributed by atoms with E-state index in [0.29, 0.717) is 40.4 Å². The number of aliphatic hydroxyl groups is 1. The molecular weight excluding hydrogens is 392 g/mol. The highest BCUT2D eigenvalue weighted by Crippen LogP contribution is 2.40. The first-order valence-corrected chi connectivity index (χ1v) is 10.7. The lowest BCUT2D eigenvalue weighted by Gasteiger charge is -2.25. The van der Waals surface area contributed by atoms with Crippen LogP contribution in [-0.4, -0.2) is 30.1 Å². The summed E-state index contributed by atoms with van der Waals surface area (Å²) in [4.78, 5) is 27.1. The largest absolute Gasteiger partial charge is 0.396 e. The molecule has 1 aliphatic rings. The predicted octanol–water partition coefficient (Wildman–Crippen LogP) is 2.86. The van der Waals surface area contributed by atoms with E-state index in [1.807, 2.05) is 48.5 Å². The molecule has 0 aliphatic carbocycles. The number of fused-ring (bicyclic) bond motifs is 2. The maximum absolute atomic E-state index is 13.3. The van der Waals surface area contributed by atoms with Gasteiger partial charge < -0.3 is 21.9 Å². The Labute approximate surface area is 182 Å². The number of nitrogens with two attached hydrogens (primary N) is 2. The van der Waals surface area contributed by atoms with E-state index in [0.717, 1.165) is 25.7 Å². The lowest BCUT2D eigenvalue weighted by atomic mass is 10.1. The van der Waals surface area contributed by atoms with Gasteiger partial charge in [0.05, 0.1) is 22.8 Å². The first-order chi connectivity index (χ1) is 15.0. The van der Waals surface area contributed by atoms with Gasteiger partial charge in [0.1, 0.15) is 0 Å². The van der Waals surface area contributed by atoms with E-state index in [2.05, 4.69) is 5.32 Å². The first kappa shape index (κ1) is 22.4. The van der Waals surface area contributed by atoms with Crippen LogP contribution in [0.3, 0.4) is 0 Å². The van der Waals surface area contributed by atoms with Gasteiger partial charge in [0, 0.05) is 37.1 Å². The third kappa shape index (κ3) is 5.24. The second-order valence-electron chi connectivity index (χ2n) is 7.58. The van der Waals surface area contributed by atoms with E-state index in [1.165, 1.54) is 0 Å². The minimum Gasteiger partial charge on any atom is -0.396 e. The van der Waals surface area contributed by atoms with E-state index in [1.54, 1.807) is 4.90 Å². The molecule has 0 bridgehead atoms. The number of hydrogen-bond donors (Lipinski definition) is 4. The SMILES string of the molecule is NC1=C(N)c2ccccc2N(C(=O)CCC(=O)NCCCCCCO)c2ccccc21. The second kappa shape index (κ2) is 10.6. The molecule has 1 aliphatic heterocycles. The van der Waals surface area contributed by atoms with Crippen molar-refractivity contribution in [2.24, 2.45) is 11.5 Å². The zero-order chi connectivity index (χ0) is 22.2. The minimum absolute atomic E-state index is 0.0683. The fourth-order valence-electron chi connectivity index (χ4n) is 3.72. The Morgan fingerprint density at radius 3 is 1.94 bits per heavy atom. The van der Waals surface area contributed by atoms with Crippen molar-refractivity contribution in [3.8, 4) is 0 Å². The normalized spacial score (nSPS) is 12.7. The molecule has 6 N–H and O–H groups in total. The smallest absolute Gasteiger partial charge is 0.232 e. The molecule has 7 nitrogen and oxygen atoms in total. The molecule has 0 saturated carbocycles. The molecule has 3 rings (SSSR count). The summed E-state index contributed by atoms with van der Waals surface area (Å²) >= 11 is 0. The summed E-state index contributed by atoms with van der Waals surface area (Å²) in [5.74, 6) is -0.343. The number of hydrogen-bond acceptors (Lipinski definition) is 5. The van der Waals surface area contributed by atoms with Crippen molar-refractivity contribution in [2.75, 3.05) is 18.1 Å². The highest BCUT2D eigenvalue weighted by molar-refractivity contribution is 6.10. The van der Waals surface area contributed by atoms with Gasteiger partial charge in [0.2, 0.25) is 11.8 Å². The summed E-state index contributed by atoms with van der Waals surface area (Å²) in [5, 5.41) is 11.6. The zero-order valence-corrected chi connectivity index (χ0v) is 17.6. The molecule has 0 unspecified atom stereocenters. The Bertz CT molecular complexity index is 915. The number of rotatable bonds is 9. The molecule has 0 radical (unpaired) electrons. The number of benzene rings is 2. The fourth-order valence-corrected chi connectivity index (χ4v) is 3.72. The van der Waals surface area contributed by atoms with E-state index in [4.69, 9.17) is 16.6 Å². The Hall–Kier alpha value is -3.32. The molecular formula is C24H30N4O3. The molecule has 7 heteroatoms. The van der Waals surface area contributed by atoms with E-state index in [-0.39, 0.29) is 31.3 Å². The first-order valence-electron chi connectivity index (χ1n) is 10.7. The Morgan fingerprint density at radius 1 is 0.806 bits per heavy atom. The summed E-state index contributed by atoms with van der Waals surface area (Å²) in [7, 11) is 0. The lowest BCUT2D eigenvalue weighted by Crippen LogP contribution is -2.30. The monoisotopic (exact) mass is 422 g/mol. The number of amides is 2. The van der Waals surface area contributed by atoms with Gasteiger partial charge in [-0.05, 0) is 25.0 Å². The number of aliphatic hydroxyl groups excluding tert-OH is 1.